The van der Waals surface area contributed by atoms with Gasteiger partial charge in [-0.25, -0.2) is 0 Å². The third-order valence-corrected chi connectivity index (χ3v) is 3.14. The number of likely N-dealkylation sites (N-methyl/N-ethyl adjacent to an activating group) is 1. The number of aliphatic hydroxyl groups excluding tert-OH is 1. The Morgan fingerprint density at radius 3 is 2.20 bits per heavy atom. The monoisotopic (exact) mass is 240 g/mol. The van der Waals surface area contributed by atoms with Crippen molar-refractivity contribution in [3.8, 4) is 0 Å². The molecular formula is C8H20N2O4S. The minimum atomic E-state index is -4.14. The van der Waals surface area contributed by atoms with Crippen molar-refractivity contribution < 1.29 is 18.1 Å². The van der Waals surface area contributed by atoms with E-state index in [2.05, 4.69) is 0 Å². The first kappa shape index (κ1) is 14.8. The second kappa shape index (κ2) is 6.39. The van der Waals surface area contributed by atoms with Crippen LogP contribution < -0.4 is 0 Å². The molecule has 1 unspecified atom stereocenters. The largest absolute Gasteiger partial charge is 0.377 e. The summed E-state index contributed by atoms with van der Waals surface area (Å²) in [5, 5.41) is 9.41. The molecule has 1 aliphatic heterocycles. The summed E-state index contributed by atoms with van der Waals surface area (Å²) in [6.07, 6.45) is -0.819. The van der Waals surface area contributed by atoms with Gasteiger partial charge in [0, 0.05) is 13.1 Å². The van der Waals surface area contributed by atoms with Crippen LogP contribution in [0.4, 0.5) is 0 Å². The van der Waals surface area contributed by atoms with E-state index in [-0.39, 0.29) is 13.1 Å². The molecule has 1 fully saturated rings. The molecule has 1 heterocycles. The van der Waals surface area contributed by atoms with Gasteiger partial charge in [-0.15, -0.1) is 0 Å². The van der Waals surface area contributed by atoms with Gasteiger partial charge in [0.2, 0.25) is 0 Å². The maximum Gasteiger partial charge on any atom is 0.336 e. The fourth-order valence-corrected chi connectivity index (χ4v) is 1.99. The van der Waals surface area contributed by atoms with Crippen LogP contribution in [0, 0.1) is 0 Å². The molecule has 2 N–H and O–H groups in total. The topological polar surface area (TPSA) is 81.1 Å². The Balaban J connectivity index is 0.000000921. The second-order valence-corrected chi connectivity index (χ2v) is 4.36. The molecule has 0 amide bonds. The molecule has 1 saturated heterocycles. The average Bonchev–Trinajstić information content (AvgIpc) is 2.19. The molecule has 1 rings (SSSR count). The number of hydrogen-bond acceptors (Lipinski definition) is 4. The zero-order chi connectivity index (χ0) is 12.1. The molecule has 0 spiro atoms. The van der Waals surface area contributed by atoms with Crippen molar-refractivity contribution in [1.29, 1.82) is 0 Å². The van der Waals surface area contributed by atoms with Crippen molar-refractivity contribution >= 4 is 10.3 Å². The normalized spacial score (nSPS) is 24.5. The van der Waals surface area contributed by atoms with Crippen LogP contribution in [-0.4, -0.2) is 59.7 Å². The Kier molecular flexibility index (Phi) is 6.30. The van der Waals surface area contributed by atoms with E-state index in [9.17, 15) is 13.5 Å². The summed E-state index contributed by atoms with van der Waals surface area (Å²) in [5.41, 5.74) is 0. The standard InChI is InChI=1S/C6H14N2O4S.C2H6/c1-2-7-3-4-8(5-6(7)9)13(10,11)12;1-2/h6,9H,2-5H2,1H3,(H,10,11,12);1-2H3. The van der Waals surface area contributed by atoms with E-state index in [0.717, 1.165) is 4.31 Å². The van der Waals surface area contributed by atoms with Gasteiger partial charge in [0.1, 0.15) is 6.23 Å². The summed E-state index contributed by atoms with van der Waals surface area (Å²) in [5.74, 6) is 0. The van der Waals surface area contributed by atoms with Gasteiger partial charge in [0.25, 0.3) is 0 Å². The van der Waals surface area contributed by atoms with Crippen LogP contribution in [0.3, 0.4) is 0 Å². The summed E-state index contributed by atoms with van der Waals surface area (Å²) in [7, 11) is -4.14. The van der Waals surface area contributed by atoms with E-state index >= 15 is 0 Å². The molecule has 0 bridgehead atoms. The van der Waals surface area contributed by atoms with Crippen LogP contribution in [0.1, 0.15) is 20.8 Å². The predicted octanol–water partition coefficient (Wildman–Crippen LogP) is -0.229. The van der Waals surface area contributed by atoms with Crippen molar-refractivity contribution in [1.82, 2.24) is 9.21 Å². The number of β-amino-alcohol motifs (C(OH)–C–C–N with tert-alkyl or cyclic N) is 1. The summed E-state index contributed by atoms with van der Waals surface area (Å²) < 4.78 is 30.9. The first-order chi connectivity index (χ1) is 6.95. The molecular weight excluding hydrogens is 220 g/mol. The Morgan fingerprint density at radius 2 is 1.87 bits per heavy atom. The van der Waals surface area contributed by atoms with Crippen LogP contribution in [0.25, 0.3) is 0 Å². The number of piperazine rings is 1. The van der Waals surface area contributed by atoms with Crippen molar-refractivity contribution in [3.05, 3.63) is 0 Å². The molecule has 7 heteroatoms. The molecule has 0 radical (unpaired) electrons. The molecule has 0 aliphatic carbocycles. The molecule has 1 aliphatic rings. The summed E-state index contributed by atoms with van der Waals surface area (Å²) in [6, 6.07) is 0. The van der Waals surface area contributed by atoms with E-state index in [1.165, 1.54) is 0 Å². The Hall–Kier alpha value is -0.210. The van der Waals surface area contributed by atoms with Crippen molar-refractivity contribution in [2.45, 2.75) is 27.0 Å². The van der Waals surface area contributed by atoms with Crippen LogP contribution in [0.15, 0.2) is 0 Å². The van der Waals surface area contributed by atoms with E-state index in [1.54, 1.807) is 4.90 Å². The number of rotatable bonds is 2. The van der Waals surface area contributed by atoms with Gasteiger partial charge in [-0.1, -0.05) is 20.8 Å². The highest BCUT2D eigenvalue weighted by atomic mass is 32.2. The van der Waals surface area contributed by atoms with Gasteiger partial charge in [-0.2, -0.15) is 12.7 Å². The minimum absolute atomic E-state index is 0.0628. The lowest BCUT2D eigenvalue weighted by atomic mass is 10.3. The SMILES string of the molecule is CC.CCN1CCN(S(=O)(=O)O)CC1O. The predicted molar refractivity (Wildman–Crippen MR) is 57.7 cm³/mol. The third kappa shape index (κ3) is 4.43. The first-order valence-corrected chi connectivity index (χ1v) is 6.49. The molecule has 1 atom stereocenters. The van der Waals surface area contributed by atoms with Crippen molar-refractivity contribution in [3.63, 3.8) is 0 Å². The highest BCUT2D eigenvalue weighted by Crippen LogP contribution is 2.09. The fourth-order valence-electron chi connectivity index (χ4n) is 1.36. The zero-order valence-corrected chi connectivity index (χ0v) is 10.2. The van der Waals surface area contributed by atoms with Gasteiger partial charge < -0.3 is 5.11 Å². The number of nitrogens with zero attached hydrogens (tertiary/aromatic N) is 2. The van der Waals surface area contributed by atoms with Gasteiger partial charge in [0.05, 0.1) is 6.54 Å². The molecule has 0 saturated carbocycles. The summed E-state index contributed by atoms with van der Waals surface area (Å²) in [6.45, 7) is 7.15. The average molecular weight is 240 g/mol. The highest BCUT2D eigenvalue weighted by molar-refractivity contribution is 7.83. The maximum atomic E-state index is 10.7. The highest BCUT2D eigenvalue weighted by Gasteiger charge is 2.29. The van der Waals surface area contributed by atoms with Crippen molar-refractivity contribution in [2.24, 2.45) is 0 Å². The lowest BCUT2D eigenvalue weighted by Crippen LogP contribution is -2.54. The van der Waals surface area contributed by atoms with Crippen molar-refractivity contribution in [2.75, 3.05) is 26.2 Å². The van der Waals surface area contributed by atoms with E-state index in [1.807, 2.05) is 20.8 Å². The minimum Gasteiger partial charge on any atom is -0.377 e. The number of aliphatic hydroxyl groups is 1. The Bertz CT molecular complexity index is 268. The summed E-state index contributed by atoms with van der Waals surface area (Å²) in [4.78, 5) is 1.74. The molecule has 15 heavy (non-hydrogen) atoms. The number of hydrogen-bond donors (Lipinski definition) is 2. The van der Waals surface area contributed by atoms with Crippen LogP contribution in [0.5, 0.6) is 0 Å². The molecule has 6 nitrogen and oxygen atoms in total. The smallest absolute Gasteiger partial charge is 0.336 e. The van der Waals surface area contributed by atoms with E-state index in [0.29, 0.717) is 13.1 Å². The maximum absolute atomic E-state index is 10.7. The zero-order valence-electron chi connectivity index (χ0n) is 9.42. The van der Waals surface area contributed by atoms with E-state index < -0.39 is 16.5 Å². The Labute approximate surface area is 91.4 Å². The molecule has 0 aromatic heterocycles. The van der Waals surface area contributed by atoms with Crippen LogP contribution >= 0.6 is 0 Å². The Morgan fingerprint density at radius 1 is 1.33 bits per heavy atom. The quantitative estimate of drug-likeness (QED) is 0.652. The van der Waals surface area contributed by atoms with Crippen LogP contribution in [-0.2, 0) is 10.3 Å². The molecule has 92 valence electrons. The second-order valence-electron chi connectivity index (χ2n) is 2.95. The van der Waals surface area contributed by atoms with Gasteiger partial charge in [-0.3, -0.25) is 9.45 Å². The first-order valence-electron chi connectivity index (χ1n) is 5.10. The fraction of sp³-hybridized carbons (Fsp3) is 1.00. The third-order valence-electron chi connectivity index (χ3n) is 2.16. The summed E-state index contributed by atoms with van der Waals surface area (Å²) >= 11 is 0. The molecule has 0 aromatic carbocycles. The lowest BCUT2D eigenvalue weighted by Gasteiger charge is -2.35. The molecule has 0 aromatic rings. The van der Waals surface area contributed by atoms with Gasteiger partial charge >= 0.3 is 10.3 Å². The van der Waals surface area contributed by atoms with Crippen LogP contribution in [0.2, 0.25) is 0 Å². The van der Waals surface area contributed by atoms with Gasteiger partial charge in [0.15, 0.2) is 0 Å². The van der Waals surface area contributed by atoms with E-state index in [4.69, 9.17) is 4.55 Å². The van der Waals surface area contributed by atoms with Gasteiger partial charge in [-0.05, 0) is 6.54 Å². The lowest BCUT2D eigenvalue weighted by molar-refractivity contribution is -0.0334.